The lowest BCUT2D eigenvalue weighted by atomic mass is 9.76. The van der Waals surface area contributed by atoms with Crippen LogP contribution in [0.5, 0.6) is 0 Å². The van der Waals surface area contributed by atoms with Crippen LogP contribution in [0.3, 0.4) is 0 Å². The molecule has 1 N–H and O–H groups in total. The third-order valence-corrected chi connectivity index (χ3v) is 5.34. The summed E-state index contributed by atoms with van der Waals surface area (Å²) in [5.41, 5.74) is 2.95. The molecule has 1 nitrogen and oxygen atoms in total. The zero-order valence-electron chi connectivity index (χ0n) is 13.5. The Hall–Kier alpha value is -1.34. The summed E-state index contributed by atoms with van der Waals surface area (Å²) in [6, 6.07) is 13.8. The topological polar surface area (TPSA) is 12.0 Å². The highest BCUT2D eigenvalue weighted by atomic mass is 14.9. The highest BCUT2D eigenvalue weighted by Gasteiger charge is 2.28. The van der Waals surface area contributed by atoms with Gasteiger partial charge in [-0.25, -0.2) is 0 Å². The average Bonchev–Trinajstić information content (AvgIpc) is 2.52. The van der Waals surface area contributed by atoms with Gasteiger partial charge in [0.25, 0.3) is 0 Å². The van der Waals surface area contributed by atoms with Crippen LogP contribution in [0.1, 0.15) is 49.8 Å². The van der Waals surface area contributed by atoms with Crippen molar-refractivity contribution in [3.05, 3.63) is 47.5 Å². The lowest BCUT2D eigenvalue weighted by Gasteiger charge is -2.34. The van der Waals surface area contributed by atoms with E-state index in [9.17, 15) is 0 Å². The molecule has 0 amide bonds. The minimum absolute atomic E-state index is 0.489. The molecule has 0 aliphatic heterocycles. The molecule has 0 spiro atoms. The molecule has 1 unspecified atom stereocenters. The number of hydrogen-bond donors (Lipinski definition) is 1. The summed E-state index contributed by atoms with van der Waals surface area (Å²) in [5, 5.41) is 6.43. The molecular formula is C20H27N. The number of hydrogen-bond acceptors (Lipinski definition) is 1. The molecule has 21 heavy (non-hydrogen) atoms. The van der Waals surface area contributed by atoms with Crippen LogP contribution in [0.25, 0.3) is 10.8 Å². The molecule has 2 aromatic carbocycles. The summed E-state index contributed by atoms with van der Waals surface area (Å²) >= 11 is 0. The highest BCUT2D eigenvalue weighted by Crippen LogP contribution is 2.39. The van der Waals surface area contributed by atoms with Crippen molar-refractivity contribution in [2.45, 2.75) is 45.6 Å². The number of fused-ring (bicyclic) bond motifs is 1. The van der Waals surface area contributed by atoms with Crippen LogP contribution in [-0.4, -0.2) is 7.05 Å². The van der Waals surface area contributed by atoms with E-state index in [1.165, 1.54) is 47.6 Å². The summed E-state index contributed by atoms with van der Waals surface area (Å²) in [4.78, 5) is 0. The van der Waals surface area contributed by atoms with E-state index in [2.05, 4.69) is 62.6 Å². The van der Waals surface area contributed by atoms with Gasteiger partial charge in [-0.2, -0.15) is 0 Å². The van der Waals surface area contributed by atoms with E-state index in [0.717, 1.165) is 11.8 Å². The average molecular weight is 281 g/mol. The molecular weight excluding hydrogens is 254 g/mol. The number of aryl methyl sites for hydroxylation is 1. The maximum Gasteiger partial charge on any atom is 0.0354 e. The Morgan fingerprint density at radius 2 is 1.71 bits per heavy atom. The number of benzene rings is 2. The third kappa shape index (κ3) is 2.85. The van der Waals surface area contributed by atoms with E-state index in [1.807, 2.05) is 0 Å². The second-order valence-corrected chi connectivity index (χ2v) is 6.80. The second-order valence-electron chi connectivity index (χ2n) is 6.80. The molecule has 0 bridgehead atoms. The number of rotatable bonds is 3. The van der Waals surface area contributed by atoms with Crippen LogP contribution >= 0.6 is 0 Å². The molecule has 112 valence electrons. The van der Waals surface area contributed by atoms with Gasteiger partial charge in [-0.3, -0.25) is 0 Å². The SMILES string of the molecule is CNC(c1c(C)ccc2ccccc12)C1CCC(C)CC1. The van der Waals surface area contributed by atoms with Crippen LogP contribution in [0.15, 0.2) is 36.4 Å². The van der Waals surface area contributed by atoms with Crippen LogP contribution in [0.4, 0.5) is 0 Å². The Bertz CT molecular complexity index is 608. The van der Waals surface area contributed by atoms with Crippen LogP contribution in [0.2, 0.25) is 0 Å². The first kappa shape index (κ1) is 14.6. The van der Waals surface area contributed by atoms with E-state index in [-0.39, 0.29) is 0 Å². The Morgan fingerprint density at radius 1 is 1.00 bits per heavy atom. The van der Waals surface area contributed by atoms with Crippen molar-refractivity contribution in [3.8, 4) is 0 Å². The monoisotopic (exact) mass is 281 g/mol. The Balaban J connectivity index is 2.02. The molecule has 1 fully saturated rings. The maximum absolute atomic E-state index is 3.64. The molecule has 0 saturated heterocycles. The van der Waals surface area contributed by atoms with Gasteiger partial charge in [0.1, 0.15) is 0 Å². The van der Waals surface area contributed by atoms with Crippen LogP contribution in [-0.2, 0) is 0 Å². The number of nitrogens with one attached hydrogen (secondary N) is 1. The Kier molecular flexibility index (Phi) is 4.30. The van der Waals surface area contributed by atoms with Gasteiger partial charge < -0.3 is 5.32 Å². The fourth-order valence-corrected chi connectivity index (χ4v) is 4.05. The van der Waals surface area contributed by atoms with E-state index >= 15 is 0 Å². The zero-order valence-corrected chi connectivity index (χ0v) is 13.5. The van der Waals surface area contributed by atoms with Crippen LogP contribution in [0, 0.1) is 18.8 Å². The van der Waals surface area contributed by atoms with Gasteiger partial charge in [-0.1, -0.05) is 56.2 Å². The predicted molar refractivity (Wildman–Crippen MR) is 91.6 cm³/mol. The fraction of sp³-hybridized carbons (Fsp3) is 0.500. The first-order valence-electron chi connectivity index (χ1n) is 8.36. The smallest absolute Gasteiger partial charge is 0.0354 e. The van der Waals surface area contributed by atoms with Gasteiger partial charge in [0.2, 0.25) is 0 Å². The van der Waals surface area contributed by atoms with Gasteiger partial charge in [-0.05, 0) is 60.5 Å². The van der Waals surface area contributed by atoms with Crippen molar-refractivity contribution >= 4 is 10.8 Å². The minimum Gasteiger partial charge on any atom is -0.313 e. The van der Waals surface area contributed by atoms with Crippen molar-refractivity contribution in [2.24, 2.45) is 11.8 Å². The fourth-order valence-electron chi connectivity index (χ4n) is 4.05. The van der Waals surface area contributed by atoms with E-state index in [1.54, 1.807) is 0 Å². The summed E-state index contributed by atoms with van der Waals surface area (Å²) in [6.45, 7) is 4.66. The minimum atomic E-state index is 0.489. The van der Waals surface area contributed by atoms with Crippen molar-refractivity contribution in [1.82, 2.24) is 5.32 Å². The molecule has 0 radical (unpaired) electrons. The summed E-state index contributed by atoms with van der Waals surface area (Å²) in [5.74, 6) is 1.68. The molecule has 1 atom stereocenters. The molecule has 2 aromatic rings. The molecule has 0 heterocycles. The summed E-state index contributed by atoms with van der Waals surface area (Å²) < 4.78 is 0. The van der Waals surface area contributed by atoms with Crippen LogP contribution < -0.4 is 5.32 Å². The molecule has 3 rings (SSSR count). The standard InChI is InChI=1S/C20H27N/c1-14-8-11-17(12-9-14)20(21-3)19-15(2)10-13-16-6-4-5-7-18(16)19/h4-7,10,13-14,17,20-21H,8-9,11-12H2,1-3H3. The molecule has 1 saturated carbocycles. The van der Waals surface area contributed by atoms with E-state index in [4.69, 9.17) is 0 Å². The zero-order chi connectivity index (χ0) is 14.8. The van der Waals surface area contributed by atoms with Gasteiger partial charge in [0, 0.05) is 6.04 Å². The quantitative estimate of drug-likeness (QED) is 0.811. The Morgan fingerprint density at radius 3 is 2.43 bits per heavy atom. The lowest BCUT2D eigenvalue weighted by molar-refractivity contribution is 0.238. The highest BCUT2D eigenvalue weighted by molar-refractivity contribution is 5.87. The first-order chi connectivity index (χ1) is 10.2. The van der Waals surface area contributed by atoms with Gasteiger partial charge in [-0.15, -0.1) is 0 Å². The molecule has 1 aliphatic rings. The normalized spacial score (nSPS) is 24.1. The van der Waals surface area contributed by atoms with Crippen molar-refractivity contribution < 1.29 is 0 Å². The second kappa shape index (κ2) is 6.19. The van der Waals surface area contributed by atoms with Gasteiger partial charge >= 0.3 is 0 Å². The molecule has 1 aliphatic carbocycles. The summed E-state index contributed by atoms with van der Waals surface area (Å²) in [7, 11) is 2.13. The largest absolute Gasteiger partial charge is 0.313 e. The first-order valence-corrected chi connectivity index (χ1v) is 8.36. The van der Waals surface area contributed by atoms with Crippen molar-refractivity contribution in [1.29, 1.82) is 0 Å². The predicted octanol–water partition coefficient (Wildman–Crippen LogP) is 5.24. The van der Waals surface area contributed by atoms with Gasteiger partial charge in [0.05, 0.1) is 0 Å². The van der Waals surface area contributed by atoms with Gasteiger partial charge in [0.15, 0.2) is 0 Å². The van der Waals surface area contributed by atoms with E-state index < -0.39 is 0 Å². The Labute approximate surface area is 128 Å². The third-order valence-electron chi connectivity index (χ3n) is 5.34. The lowest BCUT2D eigenvalue weighted by Crippen LogP contribution is -2.29. The van der Waals surface area contributed by atoms with E-state index in [0.29, 0.717) is 6.04 Å². The van der Waals surface area contributed by atoms with Crippen molar-refractivity contribution in [3.63, 3.8) is 0 Å². The summed E-state index contributed by atoms with van der Waals surface area (Å²) in [6.07, 6.45) is 5.48. The molecule has 0 aromatic heterocycles. The maximum atomic E-state index is 3.64. The van der Waals surface area contributed by atoms with Crippen molar-refractivity contribution in [2.75, 3.05) is 7.05 Å². The molecule has 1 heteroatoms.